The molecule has 6 heteroatoms. The van der Waals surface area contributed by atoms with E-state index in [0.717, 1.165) is 44.2 Å². The fourth-order valence-electron chi connectivity index (χ4n) is 4.05. The molecule has 0 bridgehead atoms. The summed E-state index contributed by atoms with van der Waals surface area (Å²) < 4.78 is 12.9. The summed E-state index contributed by atoms with van der Waals surface area (Å²) in [6.45, 7) is 0.929. The molecule has 0 unspecified atom stereocenters. The lowest BCUT2D eigenvalue weighted by atomic mass is 9.68. The summed E-state index contributed by atoms with van der Waals surface area (Å²) in [6, 6.07) is 13.9. The Morgan fingerprint density at radius 3 is 2.31 bits per heavy atom. The van der Waals surface area contributed by atoms with Gasteiger partial charge in [0.15, 0.2) is 5.78 Å². The molecule has 1 fully saturated rings. The highest BCUT2D eigenvalue weighted by molar-refractivity contribution is 6.30. The molecule has 1 aliphatic rings. The molecule has 0 heterocycles. The van der Waals surface area contributed by atoms with Gasteiger partial charge >= 0.3 is 0 Å². The summed E-state index contributed by atoms with van der Waals surface area (Å²) in [4.78, 5) is 12.1. The first kappa shape index (κ1) is 23.8. The first-order chi connectivity index (χ1) is 13.5. The highest BCUT2D eigenvalue weighted by atomic mass is 35.5. The molecule has 158 valence electrons. The maximum Gasteiger partial charge on any atom is 0.162 e. The Morgan fingerprint density at radius 2 is 1.72 bits per heavy atom. The topological polar surface area (TPSA) is 49.3 Å². The number of halogens is 3. The minimum absolute atomic E-state index is 0. The molecule has 0 atom stereocenters. The second-order valence-corrected chi connectivity index (χ2v) is 8.14. The summed E-state index contributed by atoms with van der Waals surface area (Å²) in [7, 11) is 0. The maximum absolute atomic E-state index is 12.9. The van der Waals surface area contributed by atoms with Crippen molar-refractivity contribution in [3.05, 3.63) is 70.5 Å². The third kappa shape index (κ3) is 6.26. The quantitative estimate of drug-likeness (QED) is 0.431. The van der Waals surface area contributed by atoms with E-state index in [2.05, 4.69) is 5.32 Å². The van der Waals surface area contributed by atoms with E-state index in [4.69, 9.17) is 11.6 Å². The van der Waals surface area contributed by atoms with Crippen LogP contribution in [0.25, 0.3) is 0 Å². The summed E-state index contributed by atoms with van der Waals surface area (Å²) in [5.74, 6) is -0.277. The lowest BCUT2D eigenvalue weighted by Crippen LogP contribution is -2.42. The molecule has 3 nitrogen and oxygen atoms in total. The monoisotopic (exact) mass is 439 g/mol. The summed E-state index contributed by atoms with van der Waals surface area (Å²) in [6.07, 6.45) is 5.06. The number of hydrogen-bond donors (Lipinski definition) is 2. The minimum Gasteiger partial charge on any atom is -0.395 e. The normalized spacial score (nSPS) is 21.4. The SMILES string of the molecule is Cl.O=C(CCCNC1CCC(CO)(c2ccc(Cl)cc2)CC1)c1ccc(F)cc1. The largest absolute Gasteiger partial charge is 0.395 e. The number of benzene rings is 2. The molecule has 0 aliphatic heterocycles. The van der Waals surface area contributed by atoms with Crippen molar-refractivity contribution in [1.82, 2.24) is 5.32 Å². The van der Waals surface area contributed by atoms with Gasteiger partial charge in [0, 0.05) is 28.5 Å². The standard InChI is InChI=1S/C23H27ClFNO2.ClH/c24-19-7-5-18(6-8-19)23(16-27)13-11-21(12-14-23)26-15-1-2-22(28)17-3-9-20(25)10-4-17;/h3-10,21,26-27H,1-2,11-16H2;1H. The molecule has 1 saturated carbocycles. The van der Waals surface area contributed by atoms with Crippen LogP contribution in [0.3, 0.4) is 0 Å². The number of aliphatic hydroxyl groups excluding tert-OH is 1. The highest BCUT2D eigenvalue weighted by Crippen LogP contribution is 2.39. The van der Waals surface area contributed by atoms with Gasteiger partial charge in [-0.25, -0.2) is 4.39 Å². The zero-order chi connectivity index (χ0) is 20.0. The molecule has 0 saturated heterocycles. The zero-order valence-corrected chi connectivity index (χ0v) is 17.9. The lowest BCUT2D eigenvalue weighted by molar-refractivity contribution is 0.0978. The first-order valence-corrected chi connectivity index (χ1v) is 10.3. The first-order valence-electron chi connectivity index (χ1n) is 9.91. The van der Waals surface area contributed by atoms with Crippen LogP contribution in [-0.4, -0.2) is 30.1 Å². The molecule has 0 aromatic heterocycles. The summed E-state index contributed by atoms with van der Waals surface area (Å²) >= 11 is 5.99. The molecule has 3 rings (SSSR count). The number of carbonyl (C=O) groups excluding carboxylic acids is 1. The van der Waals surface area contributed by atoms with Crippen LogP contribution >= 0.6 is 24.0 Å². The number of aliphatic hydroxyl groups is 1. The molecule has 0 spiro atoms. The third-order valence-corrected chi connectivity index (χ3v) is 6.13. The van der Waals surface area contributed by atoms with E-state index >= 15 is 0 Å². The van der Waals surface area contributed by atoms with Gasteiger partial charge < -0.3 is 10.4 Å². The van der Waals surface area contributed by atoms with Crippen LogP contribution in [0.1, 0.15) is 54.4 Å². The summed E-state index contributed by atoms with van der Waals surface area (Å²) in [5.41, 5.74) is 1.54. The van der Waals surface area contributed by atoms with Gasteiger partial charge in [0.25, 0.3) is 0 Å². The third-order valence-electron chi connectivity index (χ3n) is 5.88. The van der Waals surface area contributed by atoms with Gasteiger partial charge in [-0.15, -0.1) is 12.4 Å². The summed E-state index contributed by atoms with van der Waals surface area (Å²) in [5, 5.41) is 14.3. The van der Waals surface area contributed by atoms with Crippen LogP contribution in [0.5, 0.6) is 0 Å². The van der Waals surface area contributed by atoms with E-state index in [1.165, 1.54) is 24.3 Å². The van der Waals surface area contributed by atoms with E-state index < -0.39 is 0 Å². The Balaban J connectivity index is 0.00000300. The average Bonchev–Trinajstić information content (AvgIpc) is 2.72. The number of rotatable bonds is 8. The van der Waals surface area contributed by atoms with Gasteiger partial charge in [0.1, 0.15) is 5.82 Å². The van der Waals surface area contributed by atoms with Crippen LogP contribution in [-0.2, 0) is 5.41 Å². The number of ketones is 1. The van der Waals surface area contributed by atoms with E-state index in [1.807, 2.05) is 24.3 Å². The number of carbonyl (C=O) groups is 1. The Morgan fingerprint density at radius 1 is 1.10 bits per heavy atom. The smallest absolute Gasteiger partial charge is 0.162 e. The lowest BCUT2D eigenvalue weighted by Gasteiger charge is -2.39. The zero-order valence-electron chi connectivity index (χ0n) is 16.4. The Kier molecular flexibility index (Phi) is 9.09. The molecule has 2 N–H and O–H groups in total. The van der Waals surface area contributed by atoms with E-state index in [9.17, 15) is 14.3 Å². The molecular weight excluding hydrogens is 412 g/mol. The predicted molar refractivity (Wildman–Crippen MR) is 118 cm³/mol. The van der Waals surface area contributed by atoms with Crippen LogP contribution in [0, 0.1) is 5.82 Å². The van der Waals surface area contributed by atoms with Crippen molar-refractivity contribution in [3.63, 3.8) is 0 Å². The number of Topliss-reactive ketones (excluding diaryl/α,β-unsaturated/α-hetero) is 1. The molecule has 29 heavy (non-hydrogen) atoms. The molecule has 0 amide bonds. The van der Waals surface area contributed by atoms with Gasteiger partial charge in [-0.3, -0.25) is 4.79 Å². The van der Waals surface area contributed by atoms with Crippen LogP contribution in [0.15, 0.2) is 48.5 Å². The van der Waals surface area contributed by atoms with Crippen molar-refractivity contribution in [2.24, 2.45) is 0 Å². The molecule has 0 radical (unpaired) electrons. The van der Waals surface area contributed by atoms with Gasteiger partial charge in [-0.05, 0) is 80.6 Å². The van der Waals surface area contributed by atoms with Crippen LogP contribution in [0.4, 0.5) is 4.39 Å². The van der Waals surface area contributed by atoms with Crippen molar-refractivity contribution < 1.29 is 14.3 Å². The second kappa shape index (κ2) is 11.1. The predicted octanol–water partition coefficient (Wildman–Crippen LogP) is 5.33. The second-order valence-electron chi connectivity index (χ2n) is 7.71. The van der Waals surface area contributed by atoms with E-state index in [0.29, 0.717) is 23.0 Å². The van der Waals surface area contributed by atoms with Crippen molar-refractivity contribution >= 4 is 29.8 Å². The van der Waals surface area contributed by atoms with Gasteiger partial charge in [-0.1, -0.05) is 23.7 Å². The van der Waals surface area contributed by atoms with Gasteiger partial charge in [-0.2, -0.15) is 0 Å². The highest BCUT2D eigenvalue weighted by Gasteiger charge is 2.36. The molecule has 2 aromatic rings. The van der Waals surface area contributed by atoms with Crippen LogP contribution in [0.2, 0.25) is 5.02 Å². The Hall–Kier alpha value is -1.46. The minimum atomic E-state index is -0.326. The fraction of sp³-hybridized carbons (Fsp3) is 0.435. The van der Waals surface area contributed by atoms with E-state index in [-0.39, 0.29) is 36.0 Å². The maximum atomic E-state index is 12.9. The van der Waals surface area contributed by atoms with Crippen molar-refractivity contribution in [3.8, 4) is 0 Å². The number of nitrogens with one attached hydrogen (secondary N) is 1. The van der Waals surface area contributed by atoms with Gasteiger partial charge in [0.05, 0.1) is 6.61 Å². The fourth-order valence-corrected chi connectivity index (χ4v) is 4.18. The van der Waals surface area contributed by atoms with E-state index in [1.54, 1.807) is 0 Å². The Bertz CT molecular complexity index is 772. The molecule has 1 aliphatic carbocycles. The van der Waals surface area contributed by atoms with Crippen molar-refractivity contribution in [2.45, 2.75) is 50.0 Å². The average molecular weight is 440 g/mol. The Labute approximate surface area is 183 Å². The molecular formula is C23H28Cl2FNO2. The van der Waals surface area contributed by atoms with Crippen molar-refractivity contribution in [1.29, 1.82) is 0 Å². The number of hydrogen-bond acceptors (Lipinski definition) is 3. The van der Waals surface area contributed by atoms with Crippen LogP contribution < -0.4 is 5.32 Å². The van der Waals surface area contributed by atoms with Crippen molar-refractivity contribution in [2.75, 3.05) is 13.2 Å². The molecule has 2 aromatic carbocycles. The van der Waals surface area contributed by atoms with Gasteiger partial charge in [0.2, 0.25) is 0 Å².